The molecule has 0 spiro atoms. The minimum atomic E-state index is -0.317. The number of pyridine rings is 1. The number of rotatable bonds is 6. The fourth-order valence-corrected chi connectivity index (χ4v) is 4.84. The molecule has 0 N–H and O–H groups in total. The van der Waals surface area contributed by atoms with E-state index in [2.05, 4.69) is 4.98 Å². The minimum Gasteiger partial charge on any atom is -0.373 e. The van der Waals surface area contributed by atoms with Gasteiger partial charge in [0.15, 0.2) is 0 Å². The number of amides is 3. The third-order valence-corrected chi connectivity index (χ3v) is 6.34. The SMILES string of the molecule is O=C1C2C3CCC(O3)C2C(=O)N1CCC(=O)N(Cc1ccncc1)C1CC1. The first-order valence-corrected chi connectivity index (χ1v) is 9.82. The lowest BCUT2D eigenvalue weighted by Gasteiger charge is -2.24. The van der Waals surface area contributed by atoms with Crippen molar-refractivity contribution in [3.8, 4) is 0 Å². The number of hydrogen-bond donors (Lipinski definition) is 0. The van der Waals surface area contributed by atoms with E-state index in [4.69, 9.17) is 4.74 Å². The second kappa shape index (κ2) is 6.41. The number of nitrogens with zero attached hydrogens (tertiary/aromatic N) is 3. The molecular weight excluding hydrogens is 346 g/mol. The van der Waals surface area contributed by atoms with Crippen molar-refractivity contribution in [1.29, 1.82) is 0 Å². The number of ether oxygens (including phenoxy) is 1. The van der Waals surface area contributed by atoms with Crippen molar-refractivity contribution in [3.63, 3.8) is 0 Å². The van der Waals surface area contributed by atoms with E-state index in [1.807, 2.05) is 17.0 Å². The van der Waals surface area contributed by atoms with Crippen molar-refractivity contribution in [2.24, 2.45) is 11.8 Å². The molecule has 0 radical (unpaired) electrons. The molecule has 0 aromatic carbocycles. The molecule has 7 heteroatoms. The van der Waals surface area contributed by atoms with Crippen LogP contribution in [0.4, 0.5) is 0 Å². The Morgan fingerprint density at radius 2 is 1.70 bits per heavy atom. The van der Waals surface area contributed by atoms with Gasteiger partial charge in [0.25, 0.3) is 0 Å². The van der Waals surface area contributed by atoms with E-state index in [0.29, 0.717) is 6.54 Å². The lowest BCUT2D eigenvalue weighted by Crippen LogP contribution is -2.39. The van der Waals surface area contributed by atoms with Gasteiger partial charge in [-0.15, -0.1) is 0 Å². The van der Waals surface area contributed by atoms with Crippen LogP contribution in [0.15, 0.2) is 24.5 Å². The van der Waals surface area contributed by atoms with E-state index in [9.17, 15) is 14.4 Å². The molecule has 4 heterocycles. The van der Waals surface area contributed by atoms with Crippen LogP contribution in [0, 0.1) is 11.8 Å². The van der Waals surface area contributed by atoms with Gasteiger partial charge >= 0.3 is 0 Å². The van der Waals surface area contributed by atoms with E-state index in [1.54, 1.807) is 12.4 Å². The van der Waals surface area contributed by atoms with Crippen molar-refractivity contribution >= 4 is 17.7 Å². The predicted molar refractivity (Wildman–Crippen MR) is 94.0 cm³/mol. The molecule has 4 atom stereocenters. The van der Waals surface area contributed by atoms with Crippen LogP contribution >= 0.6 is 0 Å². The van der Waals surface area contributed by atoms with Crippen LogP contribution in [0.5, 0.6) is 0 Å². The maximum absolute atomic E-state index is 12.8. The number of imide groups is 1. The summed E-state index contributed by atoms with van der Waals surface area (Å²) in [4.78, 5) is 45.4. The molecule has 3 aliphatic heterocycles. The summed E-state index contributed by atoms with van der Waals surface area (Å²) in [5.74, 6) is -0.911. The maximum atomic E-state index is 12.8. The zero-order chi connectivity index (χ0) is 18.5. The Balaban J connectivity index is 1.23. The van der Waals surface area contributed by atoms with Crippen LogP contribution in [0.3, 0.4) is 0 Å². The van der Waals surface area contributed by atoms with Crippen LogP contribution < -0.4 is 0 Å². The Hall–Kier alpha value is -2.28. The van der Waals surface area contributed by atoms with Gasteiger partial charge in [-0.05, 0) is 43.4 Å². The molecule has 5 rings (SSSR count). The second-order valence-electron chi connectivity index (χ2n) is 8.03. The number of fused-ring (bicyclic) bond motifs is 5. The fourth-order valence-electron chi connectivity index (χ4n) is 4.84. The molecule has 1 aromatic heterocycles. The zero-order valence-electron chi connectivity index (χ0n) is 15.1. The standard InChI is InChI=1S/C20H23N3O4/c24-16(23(13-1-2-13)11-12-5-8-21-9-6-12)7-10-22-19(25)17-14-3-4-15(27-14)18(17)20(22)26/h5-6,8-9,13-15,17-18H,1-4,7,10-11H2. The number of aromatic nitrogens is 1. The zero-order valence-corrected chi connectivity index (χ0v) is 15.1. The minimum absolute atomic E-state index is 0.00573. The predicted octanol–water partition coefficient (Wildman–Crippen LogP) is 1.13. The van der Waals surface area contributed by atoms with Crippen molar-refractivity contribution in [1.82, 2.24) is 14.8 Å². The summed E-state index contributed by atoms with van der Waals surface area (Å²) in [6.45, 7) is 0.736. The van der Waals surface area contributed by atoms with Gasteiger partial charge in [-0.1, -0.05) is 0 Å². The highest BCUT2D eigenvalue weighted by molar-refractivity contribution is 6.06. The Morgan fingerprint density at radius 1 is 1.07 bits per heavy atom. The van der Waals surface area contributed by atoms with Gasteiger partial charge in [-0.2, -0.15) is 0 Å². The summed E-state index contributed by atoms with van der Waals surface area (Å²) >= 11 is 0. The molecule has 27 heavy (non-hydrogen) atoms. The lowest BCUT2D eigenvalue weighted by molar-refractivity contribution is -0.143. The van der Waals surface area contributed by atoms with E-state index >= 15 is 0 Å². The van der Waals surface area contributed by atoms with Gasteiger partial charge in [0, 0.05) is 37.9 Å². The summed E-state index contributed by atoms with van der Waals surface area (Å²) in [7, 11) is 0. The average molecular weight is 369 g/mol. The van der Waals surface area contributed by atoms with Crippen molar-refractivity contribution < 1.29 is 19.1 Å². The van der Waals surface area contributed by atoms with Crippen molar-refractivity contribution in [2.45, 2.75) is 56.9 Å². The number of carbonyl (C=O) groups excluding carboxylic acids is 3. The molecule has 3 amide bonds. The van der Waals surface area contributed by atoms with Crippen LogP contribution in [0.2, 0.25) is 0 Å². The molecule has 142 valence electrons. The summed E-state index contributed by atoms with van der Waals surface area (Å²) in [6, 6.07) is 4.10. The van der Waals surface area contributed by atoms with Gasteiger partial charge in [0.2, 0.25) is 17.7 Å². The fraction of sp³-hybridized carbons (Fsp3) is 0.600. The molecule has 1 aliphatic carbocycles. The summed E-state index contributed by atoms with van der Waals surface area (Å²) < 4.78 is 5.75. The second-order valence-corrected chi connectivity index (χ2v) is 8.03. The molecule has 1 saturated carbocycles. The Bertz CT molecular complexity index is 751. The van der Waals surface area contributed by atoms with E-state index < -0.39 is 0 Å². The van der Waals surface area contributed by atoms with Gasteiger partial charge in [-0.25, -0.2) is 0 Å². The first-order chi connectivity index (χ1) is 13.1. The maximum Gasteiger partial charge on any atom is 0.235 e. The molecule has 3 saturated heterocycles. The molecular formula is C20H23N3O4. The molecule has 4 aliphatic rings. The van der Waals surface area contributed by atoms with Gasteiger partial charge < -0.3 is 9.64 Å². The average Bonchev–Trinajstić information content (AvgIpc) is 3.22. The van der Waals surface area contributed by atoms with E-state index in [1.165, 1.54) is 4.90 Å². The van der Waals surface area contributed by atoms with Gasteiger partial charge in [0.05, 0.1) is 24.0 Å². The first kappa shape index (κ1) is 16.9. The van der Waals surface area contributed by atoms with Crippen molar-refractivity contribution in [3.05, 3.63) is 30.1 Å². The van der Waals surface area contributed by atoms with E-state index in [0.717, 1.165) is 31.2 Å². The van der Waals surface area contributed by atoms with Crippen molar-refractivity contribution in [2.75, 3.05) is 6.54 Å². The molecule has 7 nitrogen and oxygen atoms in total. The summed E-state index contributed by atoms with van der Waals surface area (Å²) in [5.41, 5.74) is 1.04. The van der Waals surface area contributed by atoms with Crippen LogP contribution in [0.25, 0.3) is 0 Å². The Morgan fingerprint density at radius 3 is 2.30 bits per heavy atom. The number of hydrogen-bond acceptors (Lipinski definition) is 5. The van der Waals surface area contributed by atoms with Gasteiger partial charge in [-0.3, -0.25) is 24.3 Å². The Kier molecular flexibility index (Phi) is 4.00. The van der Waals surface area contributed by atoms with Gasteiger partial charge in [0.1, 0.15) is 0 Å². The quantitative estimate of drug-likeness (QED) is 0.702. The summed E-state index contributed by atoms with van der Waals surface area (Å²) in [6.07, 6.45) is 7.18. The number of likely N-dealkylation sites (tertiary alicyclic amines) is 1. The first-order valence-electron chi connectivity index (χ1n) is 9.82. The molecule has 4 fully saturated rings. The lowest BCUT2D eigenvalue weighted by atomic mass is 9.81. The third kappa shape index (κ3) is 2.84. The molecule has 1 aromatic rings. The van der Waals surface area contributed by atoms with Crippen LogP contribution in [0.1, 0.15) is 37.7 Å². The molecule has 4 unspecified atom stereocenters. The Labute approximate surface area is 157 Å². The highest BCUT2D eigenvalue weighted by Crippen LogP contribution is 2.48. The smallest absolute Gasteiger partial charge is 0.235 e. The largest absolute Gasteiger partial charge is 0.373 e. The van der Waals surface area contributed by atoms with E-state index in [-0.39, 0.29) is 60.8 Å². The topological polar surface area (TPSA) is 79.8 Å². The highest BCUT2D eigenvalue weighted by Gasteiger charge is 2.62. The third-order valence-electron chi connectivity index (χ3n) is 6.34. The van der Waals surface area contributed by atoms with Crippen LogP contribution in [-0.2, 0) is 25.7 Å². The summed E-state index contributed by atoms with van der Waals surface area (Å²) in [5, 5.41) is 0. The van der Waals surface area contributed by atoms with Crippen LogP contribution in [-0.4, -0.2) is 57.3 Å². The highest BCUT2D eigenvalue weighted by atomic mass is 16.5. The number of carbonyl (C=O) groups is 3. The molecule has 2 bridgehead atoms. The normalized spacial score (nSPS) is 31.5. The monoisotopic (exact) mass is 369 g/mol.